The van der Waals surface area contributed by atoms with E-state index in [0.717, 1.165) is 16.7 Å². The lowest BCUT2D eigenvalue weighted by Crippen LogP contribution is -2.07. The monoisotopic (exact) mass is 461 g/mol. The van der Waals surface area contributed by atoms with Gasteiger partial charge in [0.2, 0.25) is 0 Å². The minimum Gasteiger partial charge on any atom is -0.488 e. The summed E-state index contributed by atoms with van der Waals surface area (Å²) in [6, 6.07) is 22.9. The molecule has 0 unspecified atom stereocenters. The van der Waals surface area contributed by atoms with Gasteiger partial charge < -0.3 is 9.84 Å². The van der Waals surface area contributed by atoms with E-state index in [0.29, 0.717) is 29.3 Å². The quantitative estimate of drug-likeness (QED) is 0.332. The van der Waals surface area contributed by atoms with Crippen LogP contribution in [0.1, 0.15) is 32.7 Å². The first kappa shape index (κ1) is 22.5. The van der Waals surface area contributed by atoms with E-state index in [9.17, 15) is 14.3 Å². The Hall–Kier alpha value is -3.70. The maximum atomic E-state index is 13.4. The summed E-state index contributed by atoms with van der Waals surface area (Å²) in [4.78, 5) is 16.5. The second kappa shape index (κ2) is 9.84. The highest BCUT2D eigenvalue weighted by molar-refractivity contribution is 6.31. The Balaban J connectivity index is 1.72. The standard InChI is InChI=1S/C27H21ClFNO3/c1-17-7-12-26(33-16-18-5-3-2-4-6-18)22(13-17)24-11-10-21(27(31)32)25(30-24)14-19-8-9-20(29)15-23(19)28/h2-13,15H,14,16H2,1H3,(H,31,32). The highest BCUT2D eigenvalue weighted by atomic mass is 35.5. The molecule has 0 spiro atoms. The van der Waals surface area contributed by atoms with Crippen LogP contribution in [0.5, 0.6) is 5.75 Å². The molecule has 0 amide bonds. The molecule has 6 heteroatoms. The van der Waals surface area contributed by atoms with Crippen LogP contribution >= 0.6 is 11.6 Å². The van der Waals surface area contributed by atoms with Gasteiger partial charge in [0.25, 0.3) is 0 Å². The summed E-state index contributed by atoms with van der Waals surface area (Å²) < 4.78 is 19.5. The van der Waals surface area contributed by atoms with Crippen LogP contribution in [0.2, 0.25) is 5.02 Å². The lowest BCUT2D eigenvalue weighted by molar-refractivity contribution is 0.0695. The highest BCUT2D eigenvalue weighted by Gasteiger charge is 2.17. The first-order chi connectivity index (χ1) is 15.9. The second-order valence-electron chi connectivity index (χ2n) is 7.68. The predicted molar refractivity (Wildman–Crippen MR) is 126 cm³/mol. The van der Waals surface area contributed by atoms with Crippen LogP contribution in [-0.2, 0) is 13.0 Å². The zero-order valence-electron chi connectivity index (χ0n) is 17.9. The molecule has 4 nitrogen and oxygen atoms in total. The van der Waals surface area contributed by atoms with Crippen LogP contribution < -0.4 is 4.74 Å². The number of hydrogen-bond donors (Lipinski definition) is 1. The molecule has 1 aromatic heterocycles. The molecule has 0 saturated heterocycles. The second-order valence-corrected chi connectivity index (χ2v) is 8.09. The van der Waals surface area contributed by atoms with Crippen molar-refractivity contribution in [1.82, 2.24) is 4.98 Å². The summed E-state index contributed by atoms with van der Waals surface area (Å²) in [5.41, 5.74) is 4.39. The van der Waals surface area contributed by atoms with Crippen LogP contribution in [0.4, 0.5) is 4.39 Å². The number of rotatable bonds is 7. The number of nitrogens with zero attached hydrogens (tertiary/aromatic N) is 1. The van der Waals surface area contributed by atoms with Gasteiger partial charge in [-0.15, -0.1) is 0 Å². The Kier molecular flexibility index (Phi) is 6.71. The van der Waals surface area contributed by atoms with Crippen molar-refractivity contribution in [3.8, 4) is 17.0 Å². The number of carboxylic acids is 1. The van der Waals surface area contributed by atoms with Gasteiger partial charge in [0, 0.05) is 17.0 Å². The van der Waals surface area contributed by atoms with Gasteiger partial charge in [-0.1, -0.05) is 59.6 Å². The Morgan fingerprint density at radius 2 is 1.82 bits per heavy atom. The van der Waals surface area contributed by atoms with Gasteiger partial charge >= 0.3 is 5.97 Å². The van der Waals surface area contributed by atoms with Gasteiger partial charge in [0.1, 0.15) is 18.2 Å². The number of ether oxygens (including phenoxy) is 1. The van der Waals surface area contributed by atoms with Crippen molar-refractivity contribution in [1.29, 1.82) is 0 Å². The molecule has 0 radical (unpaired) electrons. The molecule has 166 valence electrons. The zero-order chi connectivity index (χ0) is 23.4. The van der Waals surface area contributed by atoms with Crippen LogP contribution in [0.15, 0.2) is 78.9 Å². The van der Waals surface area contributed by atoms with Crippen LogP contribution in [-0.4, -0.2) is 16.1 Å². The van der Waals surface area contributed by atoms with Gasteiger partial charge in [-0.2, -0.15) is 0 Å². The van der Waals surface area contributed by atoms with E-state index in [1.807, 2.05) is 55.5 Å². The normalized spacial score (nSPS) is 10.8. The van der Waals surface area contributed by atoms with E-state index in [4.69, 9.17) is 16.3 Å². The maximum Gasteiger partial charge on any atom is 0.337 e. The maximum absolute atomic E-state index is 13.4. The van der Waals surface area contributed by atoms with Gasteiger partial charge in [-0.05, 0) is 54.4 Å². The lowest BCUT2D eigenvalue weighted by Gasteiger charge is -2.14. The number of aromatic carboxylic acids is 1. The summed E-state index contributed by atoms with van der Waals surface area (Å²) in [7, 11) is 0. The Morgan fingerprint density at radius 3 is 2.55 bits per heavy atom. The Morgan fingerprint density at radius 1 is 1.03 bits per heavy atom. The lowest BCUT2D eigenvalue weighted by atomic mass is 10.0. The Labute approximate surface area is 196 Å². The van der Waals surface area contributed by atoms with Gasteiger partial charge in [-0.3, -0.25) is 4.98 Å². The summed E-state index contributed by atoms with van der Waals surface area (Å²) in [6.45, 7) is 2.36. The van der Waals surface area contributed by atoms with Crippen molar-refractivity contribution >= 4 is 17.6 Å². The highest BCUT2D eigenvalue weighted by Crippen LogP contribution is 2.32. The minimum absolute atomic E-state index is 0.0681. The molecular weight excluding hydrogens is 441 g/mol. The third-order valence-corrected chi connectivity index (χ3v) is 5.58. The topological polar surface area (TPSA) is 59.4 Å². The molecule has 0 aliphatic heterocycles. The zero-order valence-corrected chi connectivity index (χ0v) is 18.6. The molecular formula is C27H21ClFNO3. The molecule has 3 aromatic carbocycles. The molecule has 33 heavy (non-hydrogen) atoms. The molecule has 0 saturated carbocycles. The molecule has 0 bridgehead atoms. The van der Waals surface area contributed by atoms with Crippen molar-refractivity contribution in [3.05, 3.63) is 118 Å². The summed E-state index contributed by atoms with van der Waals surface area (Å²) in [6.07, 6.45) is 0.153. The number of carboxylic acid groups (broad SMARTS) is 1. The number of aromatic nitrogens is 1. The van der Waals surface area contributed by atoms with E-state index < -0.39 is 11.8 Å². The fourth-order valence-corrected chi connectivity index (χ4v) is 3.77. The van der Waals surface area contributed by atoms with Crippen LogP contribution in [0, 0.1) is 12.7 Å². The number of benzene rings is 3. The molecule has 1 N–H and O–H groups in total. The van der Waals surface area contributed by atoms with E-state index in [1.165, 1.54) is 18.2 Å². The van der Waals surface area contributed by atoms with E-state index in [1.54, 1.807) is 12.1 Å². The molecule has 4 aromatic rings. The molecule has 0 aliphatic carbocycles. The minimum atomic E-state index is -1.09. The average Bonchev–Trinajstić information content (AvgIpc) is 2.80. The number of halogens is 2. The smallest absolute Gasteiger partial charge is 0.337 e. The molecule has 4 rings (SSSR count). The van der Waals surface area contributed by atoms with Crippen molar-refractivity contribution < 1.29 is 19.0 Å². The van der Waals surface area contributed by atoms with E-state index in [-0.39, 0.29) is 17.0 Å². The number of pyridine rings is 1. The van der Waals surface area contributed by atoms with Crippen LogP contribution in [0.3, 0.4) is 0 Å². The Bertz CT molecular complexity index is 1310. The SMILES string of the molecule is Cc1ccc(OCc2ccccc2)c(-c2ccc(C(=O)O)c(Cc3ccc(F)cc3Cl)n2)c1. The summed E-state index contributed by atoms with van der Waals surface area (Å²) in [5, 5.41) is 9.89. The molecule has 0 aliphatic rings. The van der Waals surface area contributed by atoms with Crippen LogP contribution in [0.25, 0.3) is 11.3 Å². The molecule has 0 atom stereocenters. The molecule has 1 heterocycles. The van der Waals surface area contributed by atoms with Crippen molar-refractivity contribution in [2.45, 2.75) is 20.0 Å². The van der Waals surface area contributed by atoms with Crippen molar-refractivity contribution in [2.75, 3.05) is 0 Å². The fourth-order valence-electron chi connectivity index (χ4n) is 3.53. The molecule has 0 fully saturated rings. The summed E-state index contributed by atoms with van der Waals surface area (Å²) in [5.74, 6) is -0.901. The van der Waals surface area contributed by atoms with E-state index >= 15 is 0 Å². The van der Waals surface area contributed by atoms with Gasteiger partial charge in [-0.25, -0.2) is 9.18 Å². The average molecular weight is 462 g/mol. The third-order valence-electron chi connectivity index (χ3n) is 5.23. The van der Waals surface area contributed by atoms with Gasteiger partial charge in [0.15, 0.2) is 0 Å². The predicted octanol–water partition coefficient (Wildman–Crippen LogP) is 6.72. The van der Waals surface area contributed by atoms with E-state index in [2.05, 4.69) is 4.98 Å². The number of carbonyl (C=O) groups is 1. The number of aryl methyl sites for hydroxylation is 1. The summed E-state index contributed by atoms with van der Waals surface area (Å²) >= 11 is 6.18. The largest absolute Gasteiger partial charge is 0.488 e. The fraction of sp³-hybridized carbons (Fsp3) is 0.111. The van der Waals surface area contributed by atoms with Crippen molar-refractivity contribution in [3.63, 3.8) is 0 Å². The number of hydrogen-bond acceptors (Lipinski definition) is 3. The first-order valence-electron chi connectivity index (χ1n) is 10.4. The third kappa shape index (κ3) is 5.38. The van der Waals surface area contributed by atoms with Gasteiger partial charge in [0.05, 0.1) is 17.0 Å². The first-order valence-corrected chi connectivity index (χ1v) is 10.7. The van der Waals surface area contributed by atoms with Crippen molar-refractivity contribution in [2.24, 2.45) is 0 Å².